The molecule has 1 amide bonds. The molecule has 1 N–H and O–H groups in total. The predicted molar refractivity (Wildman–Crippen MR) is 103 cm³/mol. The van der Waals surface area contributed by atoms with Gasteiger partial charge in [-0.05, 0) is 61.9 Å². The summed E-state index contributed by atoms with van der Waals surface area (Å²) < 4.78 is 6.59. The molecule has 27 heavy (non-hydrogen) atoms. The van der Waals surface area contributed by atoms with Crippen molar-refractivity contribution in [1.82, 2.24) is 9.78 Å². The van der Waals surface area contributed by atoms with Crippen LogP contribution in [-0.4, -0.2) is 28.8 Å². The van der Waals surface area contributed by atoms with E-state index in [1.165, 1.54) is 7.11 Å². The maximum atomic E-state index is 12.4. The van der Waals surface area contributed by atoms with E-state index in [-0.39, 0.29) is 5.91 Å². The number of rotatable bonds is 5. The van der Waals surface area contributed by atoms with Crippen molar-refractivity contribution in [3.63, 3.8) is 0 Å². The predicted octanol–water partition coefficient (Wildman–Crippen LogP) is 3.59. The Labute approximate surface area is 157 Å². The fourth-order valence-electron chi connectivity index (χ4n) is 2.78. The van der Waals surface area contributed by atoms with E-state index >= 15 is 0 Å². The molecule has 0 bridgehead atoms. The molecular formula is C21H21N3O3. The molecule has 0 saturated carbocycles. The third kappa shape index (κ3) is 4.41. The number of anilines is 1. The minimum atomic E-state index is -0.411. The number of hydrogen-bond donors (Lipinski definition) is 1. The average Bonchev–Trinajstić information content (AvgIpc) is 2.99. The third-order valence-electron chi connectivity index (χ3n) is 4.22. The summed E-state index contributed by atoms with van der Waals surface area (Å²) in [5, 5.41) is 7.26. The molecule has 138 valence electrons. The Morgan fingerprint density at radius 3 is 2.19 bits per heavy atom. The third-order valence-corrected chi connectivity index (χ3v) is 4.22. The van der Waals surface area contributed by atoms with Crippen LogP contribution in [0.15, 0.2) is 54.6 Å². The molecule has 6 nitrogen and oxygen atoms in total. The van der Waals surface area contributed by atoms with Crippen LogP contribution in [0.4, 0.5) is 5.69 Å². The molecular weight excluding hydrogens is 342 g/mol. The first-order valence-corrected chi connectivity index (χ1v) is 8.56. The SMILES string of the molecule is COC(=O)c1ccc(NC(=O)c2ccc(Cn3nc(C)cc3C)cc2)cc1. The summed E-state index contributed by atoms with van der Waals surface area (Å²) in [5.41, 5.74) is 4.76. The largest absolute Gasteiger partial charge is 0.465 e. The first-order valence-electron chi connectivity index (χ1n) is 8.56. The van der Waals surface area contributed by atoms with Crippen LogP contribution in [-0.2, 0) is 11.3 Å². The van der Waals surface area contributed by atoms with Crippen LogP contribution < -0.4 is 5.32 Å². The maximum Gasteiger partial charge on any atom is 0.337 e. The van der Waals surface area contributed by atoms with E-state index in [1.54, 1.807) is 36.4 Å². The number of aryl methyl sites for hydroxylation is 2. The highest BCUT2D eigenvalue weighted by Gasteiger charge is 2.09. The van der Waals surface area contributed by atoms with Crippen LogP contribution in [0.1, 0.15) is 37.7 Å². The smallest absolute Gasteiger partial charge is 0.337 e. The number of carbonyl (C=O) groups is 2. The van der Waals surface area contributed by atoms with Gasteiger partial charge in [-0.15, -0.1) is 0 Å². The molecule has 0 aliphatic heterocycles. The topological polar surface area (TPSA) is 73.2 Å². The van der Waals surface area contributed by atoms with E-state index in [1.807, 2.05) is 36.7 Å². The van der Waals surface area contributed by atoms with Crippen molar-refractivity contribution in [1.29, 1.82) is 0 Å². The van der Waals surface area contributed by atoms with Crippen molar-refractivity contribution in [2.45, 2.75) is 20.4 Å². The summed E-state index contributed by atoms with van der Waals surface area (Å²) in [4.78, 5) is 23.8. The zero-order valence-corrected chi connectivity index (χ0v) is 15.5. The lowest BCUT2D eigenvalue weighted by Crippen LogP contribution is -2.12. The van der Waals surface area contributed by atoms with Gasteiger partial charge in [-0.1, -0.05) is 12.1 Å². The highest BCUT2D eigenvalue weighted by molar-refractivity contribution is 6.04. The molecule has 0 fully saturated rings. The highest BCUT2D eigenvalue weighted by Crippen LogP contribution is 2.14. The van der Waals surface area contributed by atoms with E-state index in [0.717, 1.165) is 17.0 Å². The molecule has 0 unspecified atom stereocenters. The number of ether oxygens (including phenoxy) is 1. The molecule has 1 heterocycles. The Kier molecular flexibility index (Phi) is 5.35. The van der Waals surface area contributed by atoms with Gasteiger partial charge in [-0.25, -0.2) is 4.79 Å². The number of nitrogens with one attached hydrogen (secondary N) is 1. The number of nitrogens with zero attached hydrogens (tertiary/aromatic N) is 2. The molecule has 0 atom stereocenters. The van der Waals surface area contributed by atoms with Crippen molar-refractivity contribution in [3.05, 3.63) is 82.7 Å². The molecule has 3 aromatic rings. The molecule has 0 spiro atoms. The van der Waals surface area contributed by atoms with Gasteiger partial charge < -0.3 is 10.1 Å². The zero-order chi connectivity index (χ0) is 19.4. The number of benzene rings is 2. The Balaban J connectivity index is 1.65. The van der Waals surface area contributed by atoms with Gasteiger partial charge in [0.15, 0.2) is 0 Å². The molecule has 3 rings (SSSR count). The molecule has 0 aliphatic carbocycles. The monoisotopic (exact) mass is 363 g/mol. The van der Waals surface area contributed by atoms with Crippen molar-refractivity contribution >= 4 is 17.6 Å². The summed E-state index contributed by atoms with van der Waals surface area (Å²) in [6.07, 6.45) is 0. The summed E-state index contributed by atoms with van der Waals surface area (Å²) >= 11 is 0. The number of hydrogen-bond acceptors (Lipinski definition) is 4. The fourth-order valence-corrected chi connectivity index (χ4v) is 2.78. The molecule has 1 aromatic heterocycles. The van der Waals surface area contributed by atoms with Crippen LogP contribution in [0.25, 0.3) is 0 Å². The second-order valence-electron chi connectivity index (χ2n) is 6.30. The lowest BCUT2D eigenvalue weighted by atomic mass is 10.1. The minimum Gasteiger partial charge on any atom is -0.465 e. The lowest BCUT2D eigenvalue weighted by Gasteiger charge is -2.08. The molecule has 0 saturated heterocycles. The first-order chi connectivity index (χ1) is 13.0. The number of aromatic nitrogens is 2. The van der Waals surface area contributed by atoms with E-state index < -0.39 is 5.97 Å². The van der Waals surface area contributed by atoms with E-state index in [9.17, 15) is 9.59 Å². The van der Waals surface area contributed by atoms with Gasteiger partial charge in [0, 0.05) is 16.9 Å². The van der Waals surface area contributed by atoms with Crippen molar-refractivity contribution < 1.29 is 14.3 Å². The average molecular weight is 363 g/mol. The van der Waals surface area contributed by atoms with E-state index in [0.29, 0.717) is 23.4 Å². The van der Waals surface area contributed by atoms with Gasteiger partial charge in [0.25, 0.3) is 5.91 Å². The van der Waals surface area contributed by atoms with Crippen LogP contribution >= 0.6 is 0 Å². The second kappa shape index (κ2) is 7.86. The van der Waals surface area contributed by atoms with Gasteiger partial charge >= 0.3 is 5.97 Å². The fraction of sp³-hybridized carbons (Fsp3) is 0.190. The summed E-state index contributed by atoms with van der Waals surface area (Å²) in [6.45, 7) is 4.65. The van der Waals surface area contributed by atoms with Crippen molar-refractivity contribution in [3.8, 4) is 0 Å². The number of carbonyl (C=O) groups excluding carboxylic acids is 2. The quantitative estimate of drug-likeness (QED) is 0.703. The van der Waals surface area contributed by atoms with Gasteiger partial charge in [0.2, 0.25) is 0 Å². The Bertz CT molecular complexity index is 957. The second-order valence-corrected chi connectivity index (χ2v) is 6.30. The Morgan fingerprint density at radius 2 is 1.63 bits per heavy atom. The summed E-state index contributed by atoms with van der Waals surface area (Å²) in [7, 11) is 1.33. The van der Waals surface area contributed by atoms with E-state index in [4.69, 9.17) is 0 Å². The van der Waals surface area contributed by atoms with E-state index in [2.05, 4.69) is 15.2 Å². The number of amides is 1. The maximum absolute atomic E-state index is 12.4. The Hall–Kier alpha value is -3.41. The van der Waals surface area contributed by atoms with Gasteiger partial charge in [0.05, 0.1) is 24.9 Å². The molecule has 6 heteroatoms. The first kappa shape index (κ1) is 18.4. The standard InChI is InChI=1S/C21H21N3O3/c1-14-12-15(2)24(23-14)13-16-4-6-17(7-5-16)20(25)22-19-10-8-18(9-11-19)21(26)27-3/h4-12H,13H2,1-3H3,(H,22,25). The van der Waals surface area contributed by atoms with Crippen LogP contribution in [0.2, 0.25) is 0 Å². The normalized spacial score (nSPS) is 10.5. The summed E-state index contributed by atoms with van der Waals surface area (Å²) in [5.74, 6) is -0.621. The minimum absolute atomic E-state index is 0.210. The lowest BCUT2D eigenvalue weighted by molar-refractivity contribution is 0.0600. The zero-order valence-electron chi connectivity index (χ0n) is 15.5. The molecule has 0 radical (unpaired) electrons. The van der Waals surface area contributed by atoms with Crippen molar-refractivity contribution in [2.24, 2.45) is 0 Å². The van der Waals surface area contributed by atoms with Crippen LogP contribution in [0.3, 0.4) is 0 Å². The van der Waals surface area contributed by atoms with Gasteiger partial charge in [-0.2, -0.15) is 5.10 Å². The summed E-state index contributed by atoms with van der Waals surface area (Å²) in [6, 6.07) is 16.0. The highest BCUT2D eigenvalue weighted by atomic mass is 16.5. The molecule has 2 aromatic carbocycles. The van der Waals surface area contributed by atoms with Crippen molar-refractivity contribution in [2.75, 3.05) is 12.4 Å². The number of methoxy groups -OCH3 is 1. The van der Waals surface area contributed by atoms with Gasteiger partial charge in [0.1, 0.15) is 0 Å². The van der Waals surface area contributed by atoms with Gasteiger partial charge in [-0.3, -0.25) is 9.48 Å². The molecule has 0 aliphatic rings. The van der Waals surface area contributed by atoms with Crippen LogP contribution in [0.5, 0.6) is 0 Å². The Morgan fingerprint density at radius 1 is 1.00 bits per heavy atom. The van der Waals surface area contributed by atoms with Crippen LogP contribution in [0, 0.1) is 13.8 Å². The number of esters is 1.